The van der Waals surface area contributed by atoms with Gasteiger partial charge in [-0.3, -0.25) is 4.79 Å². The number of halogens is 1. The van der Waals surface area contributed by atoms with Crippen LogP contribution in [0.25, 0.3) is 0 Å². The molecule has 0 saturated heterocycles. The molecule has 1 amide bonds. The zero-order chi connectivity index (χ0) is 14.1. The summed E-state index contributed by atoms with van der Waals surface area (Å²) < 4.78 is 1.57. The number of hydrogen-bond donors (Lipinski definition) is 2. The van der Waals surface area contributed by atoms with E-state index in [1.807, 2.05) is 0 Å². The number of rotatable bonds is 8. The standard InChI is InChI=1S/C14H20N2O3.BrH/c1-2-3-4-5-8-15-13(17)11-16-9-6-7-12(10-16)14(18)19;/h6-7,9-10H,2-5,8,11H2,1H3,(H-,15,17,18,19);1H. The average molecular weight is 345 g/mol. The topological polar surface area (TPSA) is 70.3 Å². The SMILES string of the molecule is CCCCCCNC(=O)C[n+]1cccc(C(=O)O)c1.[Br-]. The number of unbranched alkanes of at least 4 members (excludes halogenated alkanes) is 3. The minimum Gasteiger partial charge on any atom is -1.00 e. The largest absolute Gasteiger partial charge is 1.00 e. The number of carbonyl (C=O) groups is 2. The highest BCUT2D eigenvalue weighted by molar-refractivity contribution is 5.86. The number of pyridine rings is 1. The molecule has 0 fully saturated rings. The van der Waals surface area contributed by atoms with E-state index in [2.05, 4.69) is 12.2 Å². The van der Waals surface area contributed by atoms with E-state index in [4.69, 9.17) is 5.11 Å². The second kappa shape index (κ2) is 10.4. The number of aromatic nitrogens is 1. The predicted octanol–water partition coefficient (Wildman–Crippen LogP) is -1.63. The van der Waals surface area contributed by atoms with Gasteiger partial charge in [-0.2, -0.15) is 4.57 Å². The van der Waals surface area contributed by atoms with E-state index < -0.39 is 5.97 Å². The van der Waals surface area contributed by atoms with Crippen molar-refractivity contribution in [3.63, 3.8) is 0 Å². The van der Waals surface area contributed by atoms with Gasteiger partial charge in [0, 0.05) is 12.6 Å². The molecule has 0 unspecified atom stereocenters. The van der Waals surface area contributed by atoms with Crippen molar-refractivity contribution in [2.45, 2.75) is 39.2 Å². The molecule has 0 radical (unpaired) electrons. The number of carboxylic acids is 1. The number of carboxylic acid groups (broad SMARTS) is 1. The van der Waals surface area contributed by atoms with Crippen LogP contribution in [-0.2, 0) is 11.3 Å². The molecule has 20 heavy (non-hydrogen) atoms. The molecule has 0 atom stereocenters. The van der Waals surface area contributed by atoms with Gasteiger partial charge in [-0.25, -0.2) is 4.79 Å². The number of amides is 1. The van der Waals surface area contributed by atoms with Crippen LogP contribution in [0.2, 0.25) is 0 Å². The minimum atomic E-state index is -0.991. The zero-order valence-corrected chi connectivity index (χ0v) is 13.2. The van der Waals surface area contributed by atoms with Crippen LogP contribution in [0.1, 0.15) is 43.0 Å². The van der Waals surface area contributed by atoms with Crippen LogP contribution in [-0.4, -0.2) is 23.5 Å². The van der Waals surface area contributed by atoms with Crippen LogP contribution in [0.3, 0.4) is 0 Å². The van der Waals surface area contributed by atoms with Crippen molar-refractivity contribution in [3.05, 3.63) is 30.1 Å². The van der Waals surface area contributed by atoms with Crippen molar-refractivity contribution >= 4 is 11.9 Å². The Hall–Kier alpha value is -1.43. The van der Waals surface area contributed by atoms with Gasteiger partial charge in [0.2, 0.25) is 6.54 Å². The highest BCUT2D eigenvalue weighted by Gasteiger charge is 2.12. The van der Waals surface area contributed by atoms with Gasteiger partial charge in [0.15, 0.2) is 12.4 Å². The first-order chi connectivity index (χ1) is 9.13. The summed E-state index contributed by atoms with van der Waals surface area (Å²) in [6.07, 6.45) is 7.61. The number of hydrogen-bond acceptors (Lipinski definition) is 2. The normalized spacial score (nSPS) is 9.65. The van der Waals surface area contributed by atoms with Crippen LogP contribution >= 0.6 is 0 Å². The third-order valence-corrected chi connectivity index (χ3v) is 2.78. The summed E-state index contributed by atoms with van der Waals surface area (Å²) in [5.41, 5.74) is 0.179. The van der Waals surface area contributed by atoms with Gasteiger partial charge in [0.05, 0.1) is 0 Å². The quantitative estimate of drug-likeness (QED) is 0.439. The Balaban J connectivity index is 0.00000361. The minimum absolute atomic E-state index is 0. The summed E-state index contributed by atoms with van der Waals surface area (Å²) in [4.78, 5) is 22.4. The fourth-order valence-corrected chi connectivity index (χ4v) is 1.75. The van der Waals surface area contributed by atoms with Gasteiger partial charge in [0.1, 0.15) is 5.56 Å². The van der Waals surface area contributed by atoms with Crippen molar-refractivity contribution in [2.24, 2.45) is 0 Å². The van der Waals surface area contributed by atoms with Crippen molar-refractivity contribution in [1.29, 1.82) is 0 Å². The molecule has 1 aromatic heterocycles. The van der Waals surface area contributed by atoms with Crippen molar-refractivity contribution in [1.82, 2.24) is 5.32 Å². The van der Waals surface area contributed by atoms with Gasteiger partial charge in [-0.15, -0.1) is 0 Å². The van der Waals surface area contributed by atoms with E-state index in [0.717, 1.165) is 12.8 Å². The highest BCUT2D eigenvalue weighted by atomic mass is 79.9. The van der Waals surface area contributed by atoms with Crippen molar-refractivity contribution in [2.75, 3.05) is 6.54 Å². The molecule has 1 aromatic rings. The summed E-state index contributed by atoms with van der Waals surface area (Å²) in [7, 11) is 0. The monoisotopic (exact) mass is 344 g/mol. The van der Waals surface area contributed by atoms with Crippen LogP contribution in [0, 0.1) is 0 Å². The average Bonchev–Trinajstić information content (AvgIpc) is 2.38. The fourth-order valence-electron chi connectivity index (χ4n) is 1.75. The Bertz CT molecular complexity index is 438. The molecule has 0 aliphatic rings. The molecule has 1 heterocycles. The number of nitrogens with zero attached hydrogens (tertiary/aromatic N) is 1. The first-order valence-electron chi connectivity index (χ1n) is 6.62. The summed E-state index contributed by atoms with van der Waals surface area (Å²) >= 11 is 0. The Morgan fingerprint density at radius 1 is 1.30 bits per heavy atom. The van der Waals surface area contributed by atoms with E-state index in [1.165, 1.54) is 25.1 Å². The lowest BCUT2D eigenvalue weighted by molar-refractivity contribution is -0.684. The maximum absolute atomic E-state index is 11.6. The molecular weight excluding hydrogens is 324 g/mol. The smallest absolute Gasteiger partial charge is 0.341 e. The van der Waals surface area contributed by atoms with Gasteiger partial charge in [0.25, 0.3) is 5.91 Å². The molecule has 0 aliphatic heterocycles. The van der Waals surface area contributed by atoms with Gasteiger partial charge >= 0.3 is 5.97 Å². The molecule has 0 aliphatic carbocycles. The summed E-state index contributed by atoms with van der Waals surface area (Å²) in [5.74, 6) is -1.08. The van der Waals surface area contributed by atoms with Crippen molar-refractivity contribution in [3.8, 4) is 0 Å². The Morgan fingerprint density at radius 3 is 2.70 bits per heavy atom. The molecule has 6 heteroatoms. The lowest BCUT2D eigenvalue weighted by Crippen LogP contribution is -3.00. The molecule has 0 aromatic carbocycles. The van der Waals surface area contributed by atoms with E-state index in [-0.39, 0.29) is 35.0 Å². The van der Waals surface area contributed by atoms with Crippen LogP contribution < -0.4 is 26.9 Å². The van der Waals surface area contributed by atoms with Gasteiger partial charge in [-0.1, -0.05) is 26.2 Å². The van der Waals surface area contributed by atoms with Crippen LogP contribution in [0.4, 0.5) is 0 Å². The molecule has 1 rings (SSSR count). The summed E-state index contributed by atoms with van der Waals surface area (Å²) in [5, 5.41) is 11.7. The Morgan fingerprint density at radius 2 is 2.05 bits per heavy atom. The Kier molecular flexibility index (Phi) is 9.63. The third-order valence-electron chi connectivity index (χ3n) is 2.78. The van der Waals surface area contributed by atoms with E-state index in [0.29, 0.717) is 6.54 Å². The van der Waals surface area contributed by atoms with Gasteiger partial charge in [-0.05, 0) is 12.5 Å². The molecule has 0 saturated carbocycles. The predicted molar refractivity (Wildman–Crippen MR) is 70.7 cm³/mol. The molecule has 2 N–H and O–H groups in total. The number of carbonyl (C=O) groups excluding carboxylic acids is 1. The van der Waals surface area contributed by atoms with E-state index in [1.54, 1.807) is 16.8 Å². The summed E-state index contributed by atoms with van der Waals surface area (Å²) in [6.45, 7) is 2.97. The van der Waals surface area contributed by atoms with Crippen molar-refractivity contribution < 1.29 is 36.2 Å². The lowest BCUT2D eigenvalue weighted by atomic mass is 10.2. The number of aromatic carboxylic acids is 1. The van der Waals surface area contributed by atoms with E-state index in [9.17, 15) is 9.59 Å². The van der Waals surface area contributed by atoms with Crippen LogP contribution in [0.15, 0.2) is 24.5 Å². The second-order valence-corrected chi connectivity index (χ2v) is 4.48. The maximum Gasteiger partial charge on any atom is 0.341 e. The highest BCUT2D eigenvalue weighted by Crippen LogP contribution is 1.97. The summed E-state index contributed by atoms with van der Waals surface area (Å²) in [6, 6.07) is 3.12. The molecule has 0 spiro atoms. The fraction of sp³-hybridized carbons (Fsp3) is 0.500. The second-order valence-electron chi connectivity index (χ2n) is 4.48. The molecule has 0 bridgehead atoms. The lowest BCUT2D eigenvalue weighted by Gasteiger charge is -2.03. The first kappa shape index (κ1) is 18.6. The maximum atomic E-state index is 11.6. The zero-order valence-electron chi connectivity index (χ0n) is 11.6. The Labute approximate surface area is 129 Å². The molecule has 5 nitrogen and oxygen atoms in total. The third kappa shape index (κ3) is 7.23. The number of nitrogens with one attached hydrogen (secondary N) is 1. The van der Waals surface area contributed by atoms with E-state index >= 15 is 0 Å². The van der Waals surface area contributed by atoms with Gasteiger partial charge < -0.3 is 27.4 Å². The van der Waals surface area contributed by atoms with Crippen LogP contribution in [0.5, 0.6) is 0 Å². The first-order valence-corrected chi connectivity index (χ1v) is 6.62. The molecular formula is C14H21BrN2O3. The molecule has 112 valence electrons.